The lowest BCUT2D eigenvalue weighted by Crippen LogP contribution is -2.31. The SMILES string of the molecule is CCOc1cc([C@@H]2c3c(-c4cc(C)ccc4O)n[nH]c3C(=O)N2CCCO)ccc1O. The monoisotopic (exact) mass is 423 g/mol. The van der Waals surface area contributed by atoms with Gasteiger partial charge in [-0.25, -0.2) is 0 Å². The number of phenolic OH excluding ortho intramolecular Hbond substituents is 2. The molecule has 1 aromatic heterocycles. The van der Waals surface area contributed by atoms with Crippen LogP contribution < -0.4 is 4.74 Å². The molecule has 31 heavy (non-hydrogen) atoms. The average molecular weight is 423 g/mol. The van der Waals surface area contributed by atoms with Gasteiger partial charge in [-0.3, -0.25) is 9.89 Å². The zero-order valence-corrected chi connectivity index (χ0v) is 17.4. The molecule has 162 valence electrons. The highest BCUT2D eigenvalue weighted by Crippen LogP contribution is 2.45. The van der Waals surface area contributed by atoms with Crippen molar-refractivity contribution < 1.29 is 24.9 Å². The Labute approximate surface area is 179 Å². The first-order valence-corrected chi connectivity index (χ1v) is 10.2. The summed E-state index contributed by atoms with van der Waals surface area (Å²) in [5.41, 5.74) is 3.71. The normalized spacial score (nSPS) is 15.4. The fraction of sp³-hybridized carbons (Fsp3) is 0.304. The van der Waals surface area contributed by atoms with Crippen molar-refractivity contribution in [3.63, 3.8) is 0 Å². The second kappa shape index (κ2) is 8.31. The van der Waals surface area contributed by atoms with Gasteiger partial charge in [0.1, 0.15) is 17.1 Å². The van der Waals surface area contributed by atoms with E-state index in [0.29, 0.717) is 47.8 Å². The molecule has 0 saturated heterocycles. The van der Waals surface area contributed by atoms with E-state index in [1.165, 1.54) is 6.07 Å². The van der Waals surface area contributed by atoms with Gasteiger partial charge in [-0.05, 0) is 50.1 Å². The summed E-state index contributed by atoms with van der Waals surface area (Å²) in [5.74, 6) is 0.179. The summed E-state index contributed by atoms with van der Waals surface area (Å²) >= 11 is 0. The molecular weight excluding hydrogens is 398 g/mol. The maximum absolute atomic E-state index is 13.2. The topological polar surface area (TPSA) is 119 Å². The quantitative estimate of drug-likeness (QED) is 0.464. The molecule has 0 spiro atoms. The van der Waals surface area contributed by atoms with Gasteiger partial charge in [-0.2, -0.15) is 5.10 Å². The maximum Gasteiger partial charge on any atom is 0.273 e. The number of fused-ring (bicyclic) bond motifs is 1. The van der Waals surface area contributed by atoms with Crippen LogP contribution in [-0.2, 0) is 0 Å². The molecule has 2 aromatic carbocycles. The maximum atomic E-state index is 13.2. The highest BCUT2D eigenvalue weighted by atomic mass is 16.5. The standard InChI is InChI=1S/C23H25N3O5/c1-3-31-18-12-14(6-8-17(18)29)22-19-20(15-11-13(2)5-7-16(15)28)24-25-21(19)23(30)26(22)9-4-10-27/h5-8,11-12,22,27-29H,3-4,9-10H2,1-2H3,(H,24,25)/t22-/m1/s1. The number of aryl methyl sites for hydroxylation is 1. The fourth-order valence-corrected chi connectivity index (χ4v) is 4.03. The molecule has 2 heterocycles. The lowest BCUT2D eigenvalue weighted by Gasteiger charge is -2.26. The number of aliphatic hydroxyl groups is 1. The number of carbonyl (C=O) groups excluding carboxylic acids is 1. The summed E-state index contributed by atoms with van der Waals surface area (Å²) in [6.07, 6.45) is 0.418. The van der Waals surface area contributed by atoms with Crippen LogP contribution in [0.5, 0.6) is 17.2 Å². The third-order valence-electron chi connectivity index (χ3n) is 5.43. The minimum Gasteiger partial charge on any atom is -0.507 e. The second-order valence-corrected chi connectivity index (χ2v) is 7.52. The second-order valence-electron chi connectivity index (χ2n) is 7.52. The molecule has 0 saturated carbocycles. The van der Waals surface area contributed by atoms with Gasteiger partial charge in [0.05, 0.1) is 12.6 Å². The molecule has 0 aliphatic carbocycles. The van der Waals surface area contributed by atoms with Gasteiger partial charge in [0, 0.05) is 24.3 Å². The van der Waals surface area contributed by atoms with Gasteiger partial charge in [-0.1, -0.05) is 17.7 Å². The molecule has 0 fully saturated rings. The van der Waals surface area contributed by atoms with E-state index in [0.717, 1.165) is 11.1 Å². The van der Waals surface area contributed by atoms with Crippen molar-refractivity contribution in [3.05, 3.63) is 58.8 Å². The van der Waals surface area contributed by atoms with E-state index >= 15 is 0 Å². The molecule has 8 heteroatoms. The van der Waals surface area contributed by atoms with Gasteiger partial charge in [0.25, 0.3) is 5.91 Å². The van der Waals surface area contributed by atoms with Crippen molar-refractivity contribution in [3.8, 4) is 28.5 Å². The Balaban J connectivity index is 1.89. The Bertz CT molecular complexity index is 1120. The molecular formula is C23H25N3O5. The number of hydrogen-bond donors (Lipinski definition) is 4. The number of aliphatic hydroxyl groups excluding tert-OH is 1. The minimum atomic E-state index is -0.512. The number of aromatic hydroxyl groups is 2. The van der Waals surface area contributed by atoms with Crippen molar-refractivity contribution >= 4 is 5.91 Å². The minimum absolute atomic E-state index is 0.0146. The van der Waals surface area contributed by atoms with Gasteiger partial charge >= 0.3 is 0 Å². The lowest BCUT2D eigenvalue weighted by molar-refractivity contribution is 0.0732. The Morgan fingerprint density at radius 2 is 1.94 bits per heavy atom. The molecule has 4 rings (SSSR count). The number of aromatic nitrogens is 2. The van der Waals surface area contributed by atoms with Crippen LogP contribution in [-0.4, -0.2) is 56.1 Å². The number of aromatic amines is 1. The number of hydrogen-bond acceptors (Lipinski definition) is 6. The number of amides is 1. The molecule has 1 aliphatic rings. The Morgan fingerprint density at radius 3 is 2.68 bits per heavy atom. The highest BCUT2D eigenvalue weighted by molar-refractivity contribution is 6.00. The van der Waals surface area contributed by atoms with E-state index in [-0.39, 0.29) is 24.0 Å². The molecule has 1 amide bonds. The first-order chi connectivity index (χ1) is 15.0. The molecule has 8 nitrogen and oxygen atoms in total. The van der Waals surface area contributed by atoms with E-state index in [2.05, 4.69) is 10.2 Å². The van der Waals surface area contributed by atoms with Crippen molar-refractivity contribution in [2.75, 3.05) is 19.8 Å². The van der Waals surface area contributed by atoms with Crippen LogP contribution >= 0.6 is 0 Å². The number of nitrogens with zero attached hydrogens (tertiary/aromatic N) is 2. The molecule has 3 aromatic rings. The first-order valence-electron chi connectivity index (χ1n) is 10.2. The van der Waals surface area contributed by atoms with Crippen LogP contribution in [0.25, 0.3) is 11.3 Å². The summed E-state index contributed by atoms with van der Waals surface area (Å²) in [6.45, 7) is 4.42. The number of H-pyrrole nitrogens is 1. The van der Waals surface area contributed by atoms with Crippen molar-refractivity contribution in [2.24, 2.45) is 0 Å². The van der Waals surface area contributed by atoms with Crippen molar-refractivity contribution in [1.82, 2.24) is 15.1 Å². The number of benzene rings is 2. The van der Waals surface area contributed by atoms with Crippen LogP contribution in [0.2, 0.25) is 0 Å². The molecule has 0 unspecified atom stereocenters. The van der Waals surface area contributed by atoms with E-state index in [1.807, 2.05) is 19.9 Å². The van der Waals surface area contributed by atoms with Gasteiger partial charge in [-0.15, -0.1) is 0 Å². The van der Waals surface area contributed by atoms with Crippen LogP contribution in [0, 0.1) is 6.92 Å². The number of nitrogens with one attached hydrogen (secondary N) is 1. The lowest BCUT2D eigenvalue weighted by atomic mass is 9.94. The summed E-state index contributed by atoms with van der Waals surface area (Å²) in [5, 5.41) is 37.2. The van der Waals surface area contributed by atoms with E-state index in [1.54, 1.807) is 29.2 Å². The summed E-state index contributed by atoms with van der Waals surface area (Å²) in [7, 11) is 0. The molecule has 0 bridgehead atoms. The average Bonchev–Trinajstić information content (AvgIpc) is 3.29. The van der Waals surface area contributed by atoms with Crippen molar-refractivity contribution in [2.45, 2.75) is 26.3 Å². The largest absolute Gasteiger partial charge is 0.507 e. The third-order valence-corrected chi connectivity index (χ3v) is 5.43. The number of phenols is 2. The predicted octanol–water partition coefficient (Wildman–Crippen LogP) is 3.12. The molecule has 1 atom stereocenters. The summed E-state index contributed by atoms with van der Waals surface area (Å²) < 4.78 is 5.54. The fourth-order valence-electron chi connectivity index (χ4n) is 4.03. The van der Waals surface area contributed by atoms with E-state index in [9.17, 15) is 20.1 Å². The predicted molar refractivity (Wildman–Crippen MR) is 114 cm³/mol. The van der Waals surface area contributed by atoms with Gasteiger partial charge < -0.3 is 25.0 Å². The van der Waals surface area contributed by atoms with Crippen LogP contribution in [0.4, 0.5) is 0 Å². The van der Waals surface area contributed by atoms with Crippen LogP contribution in [0.15, 0.2) is 36.4 Å². The molecule has 4 N–H and O–H groups in total. The Kier molecular flexibility index (Phi) is 5.56. The molecule has 0 radical (unpaired) electrons. The zero-order chi connectivity index (χ0) is 22.1. The zero-order valence-electron chi connectivity index (χ0n) is 17.4. The van der Waals surface area contributed by atoms with Gasteiger partial charge in [0.2, 0.25) is 0 Å². The number of ether oxygens (including phenoxy) is 1. The molecule has 1 aliphatic heterocycles. The number of carbonyl (C=O) groups is 1. The van der Waals surface area contributed by atoms with Gasteiger partial charge in [0.15, 0.2) is 11.5 Å². The summed E-state index contributed by atoms with van der Waals surface area (Å²) in [4.78, 5) is 14.9. The van der Waals surface area contributed by atoms with Crippen LogP contribution in [0.3, 0.4) is 0 Å². The Hall–Kier alpha value is -3.52. The third kappa shape index (κ3) is 3.59. The summed E-state index contributed by atoms with van der Waals surface area (Å²) in [6, 6.07) is 9.71. The smallest absolute Gasteiger partial charge is 0.273 e. The first kappa shape index (κ1) is 20.7. The van der Waals surface area contributed by atoms with Crippen LogP contribution in [0.1, 0.15) is 46.6 Å². The highest BCUT2D eigenvalue weighted by Gasteiger charge is 2.42. The van der Waals surface area contributed by atoms with E-state index in [4.69, 9.17) is 4.74 Å². The van der Waals surface area contributed by atoms with Crippen molar-refractivity contribution in [1.29, 1.82) is 0 Å². The van der Waals surface area contributed by atoms with E-state index < -0.39 is 6.04 Å². The number of rotatable bonds is 7. The Morgan fingerprint density at radius 1 is 1.16 bits per heavy atom.